The highest BCUT2D eigenvalue weighted by molar-refractivity contribution is 5.98. The maximum Gasteiger partial charge on any atom is 0.332 e. The average molecular weight is 384 g/mol. The predicted octanol–water partition coefficient (Wildman–Crippen LogP) is 2.56. The molecule has 1 atom stereocenters. The lowest BCUT2D eigenvalue weighted by Gasteiger charge is -2.14. The number of rotatable bonds is 6. The van der Waals surface area contributed by atoms with Crippen molar-refractivity contribution >= 4 is 18.0 Å². The van der Waals surface area contributed by atoms with Crippen LogP contribution in [0.1, 0.15) is 11.1 Å². The first-order valence-corrected chi connectivity index (χ1v) is 8.47. The Balaban J connectivity index is 1.65. The predicted molar refractivity (Wildman–Crippen MR) is 95.6 cm³/mol. The molecule has 2 aliphatic rings. The molecule has 28 heavy (non-hydrogen) atoms. The number of ether oxygens (including phenoxy) is 4. The van der Waals surface area contributed by atoms with Crippen molar-refractivity contribution < 1.29 is 38.7 Å². The summed E-state index contributed by atoms with van der Waals surface area (Å²) in [6, 6.07) is 9.96. The minimum atomic E-state index is -1.30. The van der Waals surface area contributed by atoms with E-state index < -0.39 is 17.9 Å². The number of carboxylic acids is 2. The zero-order chi connectivity index (χ0) is 19.7. The molecule has 0 spiro atoms. The third-order valence-corrected chi connectivity index (χ3v) is 4.52. The van der Waals surface area contributed by atoms with Gasteiger partial charge in [0.25, 0.3) is 0 Å². The van der Waals surface area contributed by atoms with Crippen molar-refractivity contribution in [3.63, 3.8) is 0 Å². The minimum absolute atomic E-state index is 0.00530. The Kier molecular flexibility index (Phi) is 4.52. The standard InChI is InChI=1S/C20H16O8/c21-19(22)13(5-11-1-3-15-17(7-11)27-9-25-15)14(20(23)24)6-12-2-4-16-18(8-12)28-10-26-16/h1-5,7-8,14H,6,9-10H2,(H,21,22)(H,23,24)/t14-/m0/s1. The Labute approximate surface area is 159 Å². The third kappa shape index (κ3) is 3.44. The van der Waals surface area contributed by atoms with Crippen LogP contribution in [0.5, 0.6) is 23.0 Å². The monoisotopic (exact) mass is 384 g/mol. The van der Waals surface area contributed by atoms with E-state index >= 15 is 0 Å². The van der Waals surface area contributed by atoms with Crippen LogP contribution >= 0.6 is 0 Å². The molecule has 2 aliphatic heterocycles. The summed E-state index contributed by atoms with van der Waals surface area (Å²) in [7, 11) is 0. The molecular formula is C20H16O8. The third-order valence-electron chi connectivity index (χ3n) is 4.52. The molecular weight excluding hydrogens is 368 g/mol. The molecule has 2 N–H and O–H groups in total. The molecule has 2 heterocycles. The normalized spacial score (nSPS) is 15.4. The highest BCUT2D eigenvalue weighted by atomic mass is 16.7. The van der Waals surface area contributed by atoms with E-state index in [1.54, 1.807) is 36.4 Å². The summed E-state index contributed by atoms with van der Waals surface area (Å²) in [5.74, 6) is -1.64. The second kappa shape index (κ2) is 7.15. The first kappa shape index (κ1) is 17.7. The molecule has 0 unspecified atom stereocenters. The van der Waals surface area contributed by atoms with Gasteiger partial charge in [-0.05, 0) is 47.9 Å². The maximum absolute atomic E-state index is 11.9. The lowest BCUT2D eigenvalue weighted by atomic mass is 9.90. The molecule has 0 saturated heterocycles. The van der Waals surface area contributed by atoms with Gasteiger partial charge in [-0.3, -0.25) is 4.79 Å². The summed E-state index contributed by atoms with van der Waals surface area (Å²) in [6.45, 7) is 0.196. The van der Waals surface area contributed by atoms with E-state index in [1.165, 1.54) is 6.08 Å². The van der Waals surface area contributed by atoms with Crippen molar-refractivity contribution in [1.82, 2.24) is 0 Å². The number of fused-ring (bicyclic) bond motifs is 2. The number of benzene rings is 2. The fourth-order valence-electron chi connectivity index (χ4n) is 3.13. The SMILES string of the molecule is O=C(O)C(=Cc1ccc2c(c1)OCO2)[C@H](Cc1ccc2c(c1)OCO2)C(=O)O. The molecule has 0 bridgehead atoms. The van der Waals surface area contributed by atoms with Gasteiger partial charge in [0.05, 0.1) is 11.5 Å². The highest BCUT2D eigenvalue weighted by Crippen LogP contribution is 2.35. The number of hydrogen-bond acceptors (Lipinski definition) is 6. The van der Waals surface area contributed by atoms with Crippen LogP contribution in [0.4, 0.5) is 0 Å². The van der Waals surface area contributed by atoms with Gasteiger partial charge in [0.1, 0.15) is 0 Å². The summed E-state index contributed by atoms with van der Waals surface area (Å²) >= 11 is 0. The molecule has 0 aromatic heterocycles. The van der Waals surface area contributed by atoms with E-state index in [0.29, 0.717) is 34.1 Å². The zero-order valence-corrected chi connectivity index (χ0v) is 14.6. The Morgan fingerprint density at radius 2 is 1.50 bits per heavy atom. The minimum Gasteiger partial charge on any atom is -0.481 e. The fraction of sp³-hybridized carbons (Fsp3) is 0.200. The van der Waals surface area contributed by atoms with E-state index in [2.05, 4.69) is 0 Å². The summed E-state index contributed by atoms with van der Waals surface area (Å²) in [6.07, 6.45) is 1.34. The molecule has 0 saturated carbocycles. The number of aliphatic carboxylic acids is 2. The van der Waals surface area contributed by atoms with E-state index in [1.807, 2.05) is 0 Å². The van der Waals surface area contributed by atoms with Gasteiger partial charge in [-0.2, -0.15) is 0 Å². The molecule has 0 fully saturated rings. The van der Waals surface area contributed by atoms with Gasteiger partial charge in [-0.1, -0.05) is 12.1 Å². The Hall–Kier alpha value is -3.68. The Morgan fingerprint density at radius 1 is 0.893 bits per heavy atom. The summed E-state index contributed by atoms with van der Waals surface area (Å²) < 4.78 is 21.1. The number of carboxylic acid groups (broad SMARTS) is 2. The van der Waals surface area contributed by atoms with Crippen LogP contribution in [0.25, 0.3) is 6.08 Å². The zero-order valence-electron chi connectivity index (χ0n) is 14.6. The molecule has 0 amide bonds. The summed E-state index contributed by atoms with van der Waals surface area (Å²) in [5, 5.41) is 19.3. The van der Waals surface area contributed by atoms with Gasteiger partial charge in [0.15, 0.2) is 23.0 Å². The lowest BCUT2D eigenvalue weighted by Crippen LogP contribution is -2.23. The van der Waals surface area contributed by atoms with Crippen LogP contribution in [0.3, 0.4) is 0 Å². The van der Waals surface area contributed by atoms with Crippen molar-refractivity contribution in [3.8, 4) is 23.0 Å². The van der Waals surface area contributed by atoms with E-state index in [0.717, 1.165) is 0 Å². The van der Waals surface area contributed by atoms with E-state index in [4.69, 9.17) is 18.9 Å². The van der Waals surface area contributed by atoms with E-state index in [9.17, 15) is 19.8 Å². The number of hydrogen-bond donors (Lipinski definition) is 2. The molecule has 2 aromatic carbocycles. The second-order valence-electron chi connectivity index (χ2n) is 6.30. The van der Waals surface area contributed by atoms with Gasteiger partial charge >= 0.3 is 11.9 Å². The van der Waals surface area contributed by atoms with Crippen molar-refractivity contribution in [2.45, 2.75) is 6.42 Å². The van der Waals surface area contributed by atoms with Crippen molar-refractivity contribution in [1.29, 1.82) is 0 Å². The fourth-order valence-corrected chi connectivity index (χ4v) is 3.13. The summed E-state index contributed by atoms with van der Waals surface area (Å²) in [4.78, 5) is 23.7. The lowest BCUT2D eigenvalue weighted by molar-refractivity contribution is -0.143. The molecule has 8 nitrogen and oxygen atoms in total. The summed E-state index contributed by atoms with van der Waals surface area (Å²) in [5.41, 5.74) is 0.914. The van der Waals surface area contributed by atoms with Crippen molar-refractivity contribution in [2.75, 3.05) is 13.6 Å². The number of carbonyl (C=O) groups is 2. The molecule has 144 valence electrons. The molecule has 0 radical (unpaired) electrons. The first-order chi connectivity index (χ1) is 13.5. The van der Waals surface area contributed by atoms with Crippen LogP contribution < -0.4 is 18.9 Å². The second-order valence-corrected chi connectivity index (χ2v) is 6.30. The van der Waals surface area contributed by atoms with Crippen molar-refractivity contribution in [2.24, 2.45) is 5.92 Å². The van der Waals surface area contributed by atoms with Gasteiger partial charge in [-0.15, -0.1) is 0 Å². The van der Waals surface area contributed by atoms with Crippen LogP contribution in [0.2, 0.25) is 0 Å². The van der Waals surface area contributed by atoms with Gasteiger partial charge < -0.3 is 29.2 Å². The average Bonchev–Trinajstić information content (AvgIpc) is 3.32. The quantitative estimate of drug-likeness (QED) is 0.731. The van der Waals surface area contributed by atoms with Gasteiger partial charge in [0.2, 0.25) is 13.6 Å². The van der Waals surface area contributed by atoms with Gasteiger partial charge in [0, 0.05) is 0 Å². The Morgan fingerprint density at radius 3 is 2.14 bits per heavy atom. The first-order valence-electron chi connectivity index (χ1n) is 8.47. The maximum atomic E-state index is 11.9. The molecule has 0 aliphatic carbocycles. The van der Waals surface area contributed by atoms with Gasteiger partial charge in [-0.25, -0.2) is 4.79 Å². The van der Waals surface area contributed by atoms with Crippen LogP contribution in [-0.4, -0.2) is 35.7 Å². The molecule has 2 aromatic rings. The highest BCUT2D eigenvalue weighted by Gasteiger charge is 2.29. The molecule has 8 heteroatoms. The van der Waals surface area contributed by atoms with E-state index in [-0.39, 0.29) is 25.6 Å². The molecule has 4 rings (SSSR count). The van der Waals surface area contributed by atoms with Crippen LogP contribution in [0.15, 0.2) is 42.0 Å². The smallest absolute Gasteiger partial charge is 0.332 e. The Bertz CT molecular complexity index is 978. The van der Waals surface area contributed by atoms with Crippen LogP contribution in [-0.2, 0) is 16.0 Å². The topological polar surface area (TPSA) is 112 Å². The largest absolute Gasteiger partial charge is 0.481 e. The van der Waals surface area contributed by atoms with Crippen LogP contribution in [0, 0.1) is 5.92 Å². The van der Waals surface area contributed by atoms with Crippen molar-refractivity contribution in [3.05, 3.63) is 53.1 Å².